The molecule has 2 rings (SSSR count). The summed E-state index contributed by atoms with van der Waals surface area (Å²) in [5.41, 5.74) is 7.33. The fraction of sp³-hybridized carbons (Fsp3) is 0.417. The molecule has 4 heteroatoms. The number of carbonyl (C=O) groups excluding carboxylic acids is 1. The van der Waals surface area contributed by atoms with Gasteiger partial charge in [0, 0.05) is 25.2 Å². The summed E-state index contributed by atoms with van der Waals surface area (Å²) in [6, 6.07) is 7.59. The van der Waals surface area contributed by atoms with E-state index in [0.717, 1.165) is 37.1 Å². The fourth-order valence-electron chi connectivity index (χ4n) is 1.93. The second-order valence-electron chi connectivity index (χ2n) is 3.90. The van der Waals surface area contributed by atoms with Crippen LogP contribution >= 0.6 is 12.4 Å². The first-order chi connectivity index (χ1) is 7.31. The van der Waals surface area contributed by atoms with Gasteiger partial charge in [-0.05, 0) is 30.5 Å². The first-order valence-corrected chi connectivity index (χ1v) is 5.39. The molecule has 16 heavy (non-hydrogen) atoms. The van der Waals surface area contributed by atoms with Crippen molar-refractivity contribution in [2.45, 2.75) is 19.4 Å². The Balaban J connectivity index is 0.00000128. The Bertz CT molecular complexity index is 362. The molecule has 0 bridgehead atoms. The lowest BCUT2D eigenvalue weighted by atomic mass is 10.1. The molecule has 0 aromatic heterocycles. The van der Waals surface area contributed by atoms with Crippen LogP contribution in [0.2, 0.25) is 0 Å². The van der Waals surface area contributed by atoms with Crippen molar-refractivity contribution in [2.24, 2.45) is 5.73 Å². The van der Waals surface area contributed by atoms with Crippen molar-refractivity contribution in [2.75, 3.05) is 13.1 Å². The molecule has 1 aliphatic heterocycles. The maximum absolute atomic E-state index is 12.0. The number of halogens is 1. The van der Waals surface area contributed by atoms with Gasteiger partial charge < -0.3 is 10.6 Å². The van der Waals surface area contributed by atoms with E-state index in [1.54, 1.807) is 0 Å². The number of nitrogens with two attached hydrogens (primary N) is 1. The predicted octanol–water partition coefficient (Wildman–Crippen LogP) is 1.80. The van der Waals surface area contributed by atoms with Gasteiger partial charge in [-0.3, -0.25) is 4.79 Å². The number of hydrogen-bond donors (Lipinski definition) is 1. The van der Waals surface area contributed by atoms with E-state index in [-0.39, 0.29) is 18.3 Å². The molecule has 0 spiro atoms. The third-order valence-corrected chi connectivity index (χ3v) is 2.80. The van der Waals surface area contributed by atoms with Crippen LogP contribution in [-0.2, 0) is 6.54 Å². The molecule has 1 fully saturated rings. The largest absolute Gasteiger partial charge is 0.339 e. The molecular weight excluding hydrogens is 224 g/mol. The summed E-state index contributed by atoms with van der Waals surface area (Å²) in [6.07, 6.45) is 2.25. The molecule has 3 nitrogen and oxygen atoms in total. The number of rotatable bonds is 2. The molecule has 0 aliphatic carbocycles. The van der Waals surface area contributed by atoms with Crippen LogP contribution in [0.1, 0.15) is 28.8 Å². The third-order valence-electron chi connectivity index (χ3n) is 2.80. The normalized spacial score (nSPS) is 14.7. The Morgan fingerprint density at radius 1 is 1.31 bits per heavy atom. The summed E-state index contributed by atoms with van der Waals surface area (Å²) in [5, 5.41) is 0. The van der Waals surface area contributed by atoms with Crippen LogP contribution in [0.25, 0.3) is 0 Å². The summed E-state index contributed by atoms with van der Waals surface area (Å²) in [6.45, 7) is 2.28. The molecule has 0 atom stereocenters. The molecule has 1 saturated heterocycles. The van der Waals surface area contributed by atoms with Crippen molar-refractivity contribution in [3.63, 3.8) is 0 Å². The van der Waals surface area contributed by atoms with Crippen molar-refractivity contribution >= 4 is 18.3 Å². The number of carbonyl (C=O) groups is 1. The maximum atomic E-state index is 12.0. The summed E-state index contributed by atoms with van der Waals surface area (Å²) in [7, 11) is 0. The highest BCUT2D eigenvalue weighted by atomic mass is 35.5. The number of amides is 1. The highest BCUT2D eigenvalue weighted by Gasteiger charge is 2.19. The molecule has 0 unspecified atom stereocenters. The minimum atomic E-state index is 0. The van der Waals surface area contributed by atoms with E-state index in [4.69, 9.17) is 5.73 Å². The zero-order valence-electron chi connectivity index (χ0n) is 9.19. The summed E-state index contributed by atoms with van der Waals surface area (Å²) in [5.74, 6) is 0.141. The van der Waals surface area contributed by atoms with E-state index in [1.807, 2.05) is 29.2 Å². The lowest BCUT2D eigenvalue weighted by molar-refractivity contribution is 0.0792. The predicted molar refractivity (Wildman–Crippen MR) is 66.7 cm³/mol. The Labute approximate surface area is 102 Å². The highest BCUT2D eigenvalue weighted by Crippen LogP contribution is 2.13. The molecule has 1 amide bonds. The number of hydrogen-bond acceptors (Lipinski definition) is 2. The molecule has 88 valence electrons. The Hall–Kier alpha value is -1.06. The van der Waals surface area contributed by atoms with Gasteiger partial charge in [0.05, 0.1) is 0 Å². The van der Waals surface area contributed by atoms with Gasteiger partial charge in [0.25, 0.3) is 5.91 Å². The Morgan fingerprint density at radius 2 is 2.00 bits per heavy atom. The van der Waals surface area contributed by atoms with Crippen LogP contribution < -0.4 is 5.73 Å². The van der Waals surface area contributed by atoms with Crippen LogP contribution in [0.3, 0.4) is 0 Å². The molecule has 1 aromatic carbocycles. The van der Waals surface area contributed by atoms with Gasteiger partial charge >= 0.3 is 0 Å². The first kappa shape index (κ1) is 13.0. The number of benzene rings is 1. The molecule has 1 heterocycles. The van der Waals surface area contributed by atoms with Gasteiger partial charge in [-0.15, -0.1) is 12.4 Å². The van der Waals surface area contributed by atoms with Crippen molar-refractivity contribution in [1.82, 2.24) is 4.90 Å². The molecule has 0 radical (unpaired) electrons. The SMILES string of the molecule is Cl.NCc1cccc(C(=O)N2CCCC2)c1. The molecule has 1 aromatic rings. The zero-order chi connectivity index (χ0) is 10.7. The van der Waals surface area contributed by atoms with Crippen LogP contribution in [0, 0.1) is 0 Å². The van der Waals surface area contributed by atoms with Crippen LogP contribution in [0.4, 0.5) is 0 Å². The van der Waals surface area contributed by atoms with E-state index < -0.39 is 0 Å². The minimum Gasteiger partial charge on any atom is -0.339 e. The zero-order valence-corrected chi connectivity index (χ0v) is 10.0. The van der Waals surface area contributed by atoms with Crippen molar-refractivity contribution < 1.29 is 4.79 Å². The third kappa shape index (κ3) is 2.74. The van der Waals surface area contributed by atoms with Crippen LogP contribution in [-0.4, -0.2) is 23.9 Å². The fourth-order valence-corrected chi connectivity index (χ4v) is 1.93. The number of likely N-dealkylation sites (tertiary alicyclic amines) is 1. The van der Waals surface area contributed by atoms with Gasteiger partial charge in [-0.25, -0.2) is 0 Å². The smallest absolute Gasteiger partial charge is 0.253 e. The molecule has 1 aliphatic rings. The average Bonchev–Trinajstić information content (AvgIpc) is 2.81. The van der Waals surface area contributed by atoms with E-state index in [9.17, 15) is 4.79 Å². The van der Waals surface area contributed by atoms with E-state index in [0.29, 0.717) is 6.54 Å². The van der Waals surface area contributed by atoms with E-state index >= 15 is 0 Å². The summed E-state index contributed by atoms with van der Waals surface area (Å²) >= 11 is 0. The number of nitrogens with zero attached hydrogens (tertiary/aromatic N) is 1. The van der Waals surface area contributed by atoms with Gasteiger partial charge in [-0.2, -0.15) is 0 Å². The van der Waals surface area contributed by atoms with Gasteiger partial charge in [0.1, 0.15) is 0 Å². The monoisotopic (exact) mass is 240 g/mol. The lowest BCUT2D eigenvalue weighted by Gasteiger charge is -2.15. The van der Waals surface area contributed by atoms with Gasteiger partial charge in [-0.1, -0.05) is 12.1 Å². The standard InChI is InChI=1S/C12H16N2O.ClH/c13-9-10-4-3-5-11(8-10)12(15)14-6-1-2-7-14;/h3-5,8H,1-2,6-7,9,13H2;1H. The van der Waals surface area contributed by atoms with Gasteiger partial charge in [0.15, 0.2) is 0 Å². The van der Waals surface area contributed by atoms with Crippen molar-refractivity contribution in [3.05, 3.63) is 35.4 Å². The lowest BCUT2D eigenvalue weighted by Crippen LogP contribution is -2.27. The van der Waals surface area contributed by atoms with Gasteiger partial charge in [0.2, 0.25) is 0 Å². The topological polar surface area (TPSA) is 46.3 Å². The maximum Gasteiger partial charge on any atom is 0.253 e. The van der Waals surface area contributed by atoms with E-state index in [1.165, 1.54) is 0 Å². The molecule has 2 N–H and O–H groups in total. The second kappa shape index (κ2) is 5.87. The van der Waals surface area contributed by atoms with Crippen molar-refractivity contribution in [1.29, 1.82) is 0 Å². The van der Waals surface area contributed by atoms with Crippen LogP contribution in [0.5, 0.6) is 0 Å². The Morgan fingerprint density at radius 3 is 2.62 bits per heavy atom. The average molecular weight is 241 g/mol. The molecular formula is C12H17ClN2O. The minimum absolute atomic E-state index is 0. The first-order valence-electron chi connectivity index (χ1n) is 5.39. The quantitative estimate of drug-likeness (QED) is 0.857. The second-order valence-corrected chi connectivity index (χ2v) is 3.90. The highest BCUT2D eigenvalue weighted by molar-refractivity contribution is 5.94. The van der Waals surface area contributed by atoms with Crippen molar-refractivity contribution in [3.8, 4) is 0 Å². The Kier molecular flexibility index (Phi) is 4.77. The van der Waals surface area contributed by atoms with Crippen LogP contribution in [0.15, 0.2) is 24.3 Å². The summed E-state index contributed by atoms with van der Waals surface area (Å²) in [4.78, 5) is 13.9. The van der Waals surface area contributed by atoms with E-state index in [2.05, 4.69) is 0 Å². The summed E-state index contributed by atoms with van der Waals surface area (Å²) < 4.78 is 0. The molecule has 0 saturated carbocycles.